The Morgan fingerprint density at radius 2 is 1.97 bits per heavy atom. The van der Waals surface area contributed by atoms with Crippen LogP contribution in [0, 0.1) is 12.3 Å². The lowest BCUT2D eigenvalue weighted by atomic mass is 9.73. The molecule has 0 saturated carbocycles. The molecule has 0 bridgehead atoms. The minimum atomic E-state index is -3.88. The molecular weight excluding hydrogens is 536 g/mol. The van der Waals surface area contributed by atoms with Gasteiger partial charge in [0.25, 0.3) is 0 Å². The summed E-state index contributed by atoms with van der Waals surface area (Å²) in [4.78, 5) is 30.5. The van der Waals surface area contributed by atoms with Gasteiger partial charge >= 0.3 is 5.97 Å². The zero-order chi connectivity index (χ0) is 28.5. The number of methoxy groups -OCH3 is 1. The number of Topliss-reactive ketones (excluding diaryl/α,β-unsaturated/α-hetero) is 1. The number of thiophene rings is 1. The summed E-state index contributed by atoms with van der Waals surface area (Å²) in [7, 11) is -2.52. The first-order valence-electron chi connectivity index (χ1n) is 12.8. The van der Waals surface area contributed by atoms with Crippen molar-refractivity contribution in [2.24, 2.45) is 5.41 Å². The van der Waals surface area contributed by atoms with Crippen LogP contribution in [-0.2, 0) is 26.1 Å². The average molecular weight is 571 g/mol. The lowest BCUT2D eigenvalue weighted by molar-refractivity contribution is -0.151. The van der Waals surface area contributed by atoms with Gasteiger partial charge in [0.2, 0.25) is 10.0 Å². The zero-order valence-corrected chi connectivity index (χ0v) is 24.7. The average Bonchev–Trinajstić information content (AvgIpc) is 3.35. The topological polar surface area (TPSA) is 103 Å². The lowest BCUT2D eigenvalue weighted by Crippen LogP contribution is -2.36. The summed E-state index contributed by atoms with van der Waals surface area (Å²) in [5.74, 6) is -0.530. The Morgan fingerprint density at radius 3 is 2.62 bits per heavy atom. The van der Waals surface area contributed by atoms with E-state index in [0.717, 1.165) is 21.6 Å². The molecule has 0 amide bonds. The number of carbonyl (C=O) groups is 2. The predicted molar refractivity (Wildman–Crippen MR) is 150 cm³/mol. The summed E-state index contributed by atoms with van der Waals surface area (Å²) in [6, 6.07) is 11.1. The number of hydrogen-bond acceptors (Lipinski definition) is 8. The van der Waals surface area contributed by atoms with Crippen molar-refractivity contribution in [3.05, 3.63) is 75.2 Å². The van der Waals surface area contributed by atoms with Crippen molar-refractivity contribution >= 4 is 33.1 Å². The Kier molecular flexibility index (Phi) is 8.30. The van der Waals surface area contributed by atoms with Crippen molar-refractivity contribution in [1.82, 2.24) is 9.29 Å². The van der Waals surface area contributed by atoms with Gasteiger partial charge in [-0.3, -0.25) is 14.6 Å². The van der Waals surface area contributed by atoms with Gasteiger partial charge in [0.15, 0.2) is 5.78 Å². The van der Waals surface area contributed by atoms with Crippen molar-refractivity contribution in [3.8, 4) is 5.75 Å². The summed E-state index contributed by atoms with van der Waals surface area (Å²) in [6.45, 7) is 9.38. The molecule has 2 aromatic heterocycles. The van der Waals surface area contributed by atoms with E-state index < -0.39 is 21.4 Å². The third kappa shape index (κ3) is 5.64. The number of aromatic nitrogens is 1. The first-order valence-corrected chi connectivity index (χ1v) is 15.0. The second kappa shape index (κ2) is 11.2. The van der Waals surface area contributed by atoms with E-state index in [1.165, 1.54) is 42.1 Å². The largest absolute Gasteiger partial charge is 0.488 e. The van der Waals surface area contributed by atoms with Crippen LogP contribution in [0.5, 0.6) is 5.75 Å². The van der Waals surface area contributed by atoms with E-state index in [4.69, 9.17) is 9.47 Å². The number of nitrogens with zero attached hydrogens (tertiary/aromatic N) is 2. The molecule has 208 valence electrons. The number of benzene rings is 1. The van der Waals surface area contributed by atoms with Gasteiger partial charge in [-0.2, -0.15) is 4.31 Å². The van der Waals surface area contributed by atoms with Gasteiger partial charge in [-0.25, -0.2) is 8.42 Å². The standard InChI is InChI=1S/C29H34N2O6S2/c1-7-22-17-31(39(34,35)26-15-30-13-12-23(26)37-22)16-21-14-20(9-8-18(21)2)27(29(4,5)28(33)36-6)25-11-10-24(38-25)19(3)32/h8-15,22,27H,7,16-17H2,1-6H3/t22-,27?/m1/s1. The Bertz CT molecular complexity index is 1490. The Labute approximate surface area is 234 Å². The number of rotatable bonds is 8. The molecule has 1 aromatic carbocycles. The number of hydrogen-bond donors (Lipinski definition) is 0. The molecule has 4 rings (SSSR count). The Balaban J connectivity index is 1.80. The molecule has 8 nitrogen and oxygen atoms in total. The van der Waals surface area contributed by atoms with E-state index in [9.17, 15) is 18.0 Å². The highest BCUT2D eigenvalue weighted by molar-refractivity contribution is 7.89. The minimum absolute atomic E-state index is 0.0423. The van der Waals surface area contributed by atoms with E-state index in [-0.39, 0.29) is 35.8 Å². The quantitative estimate of drug-likeness (QED) is 0.266. The fourth-order valence-corrected chi connectivity index (χ4v) is 7.68. The predicted octanol–water partition coefficient (Wildman–Crippen LogP) is 5.35. The first-order chi connectivity index (χ1) is 18.4. The van der Waals surface area contributed by atoms with Gasteiger partial charge in [-0.05, 0) is 69.0 Å². The zero-order valence-electron chi connectivity index (χ0n) is 23.1. The molecule has 0 N–H and O–H groups in total. The van der Waals surface area contributed by atoms with Gasteiger partial charge < -0.3 is 9.47 Å². The van der Waals surface area contributed by atoms with Crippen molar-refractivity contribution in [3.63, 3.8) is 0 Å². The lowest BCUT2D eigenvalue weighted by Gasteiger charge is -2.32. The maximum absolute atomic E-state index is 13.7. The number of sulfonamides is 1. The highest BCUT2D eigenvalue weighted by atomic mass is 32.2. The molecule has 0 saturated heterocycles. The highest BCUT2D eigenvalue weighted by Crippen LogP contribution is 2.45. The molecule has 39 heavy (non-hydrogen) atoms. The number of fused-ring (bicyclic) bond motifs is 1. The number of ether oxygens (including phenoxy) is 2. The summed E-state index contributed by atoms with van der Waals surface area (Å²) in [5.41, 5.74) is 1.61. The molecule has 0 radical (unpaired) electrons. The van der Waals surface area contributed by atoms with Crippen molar-refractivity contribution < 1.29 is 27.5 Å². The van der Waals surface area contributed by atoms with E-state index in [1.807, 2.05) is 52.0 Å². The summed E-state index contributed by atoms with van der Waals surface area (Å²) >= 11 is 1.36. The minimum Gasteiger partial charge on any atom is -0.488 e. The van der Waals surface area contributed by atoms with Crippen LogP contribution in [0.4, 0.5) is 0 Å². The number of esters is 1. The molecule has 3 heterocycles. The Morgan fingerprint density at radius 1 is 1.23 bits per heavy atom. The second-order valence-corrected chi connectivity index (χ2v) is 13.4. The van der Waals surface area contributed by atoms with Crippen molar-refractivity contribution in [2.75, 3.05) is 13.7 Å². The van der Waals surface area contributed by atoms with Crippen LogP contribution in [-0.4, -0.2) is 49.2 Å². The van der Waals surface area contributed by atoms with Crippen LogP contribution < -0.4 is 4.74 Å². The van der Waals surface area contributed by atoms with Crippen LogP contribution >= 0.6 is 11.3 Å². The third-order valence-electron chi connectivity index (χ3n) is 7.27. The van der Waals surface area contributed by atoms with Crippen LogP contribution in [0.2, 0.25) is 0 Å². The van der Waals surface area contributed by atoms with Gasteiger partial charge in [0, 0.05) is 23.5 Å². The molecule has 0 fully saturated rings. The number of ketones is 1. The SMILES string of the molecule is CC[C@@H]1CN(Cc2cc(C(c3ccc(C(C)=O)s3)C(C)(C)C(=O)OC)ccc2C)S(=O)(=O)c2cnccc2O1. The highest BCUT2D eigenvalue weighted by Gasteiger charge is 2.41. The van der Waals surface area contributed by atoms with Crippen LogP contribution in [0.15, 0.2) is 53.7 Å². The smallest absolute Gasteiger partial charge is 0.312 e. The van der Waals surface area contributed by atoms with Gasteiger partial charge in [-0.1, -0.05) is 25.1 Å². The molecule has 10 heteroatoms. The normalized spacial score (nSPS) is 17.9. The Hall–Kier alpha value is -3.08. The molecule has 1 aliphatic heterocycles. The molecular formula is C29H34N2O6S2. The van der Waals surface area contributed by atoms with Crippen molar-refractivity contribution in [2.45, 2.75) is 64.5 Å². The van der Waals surface area contributed by atoms with Gasteiger partial charge in [0.05, 0.1) is 30.1 Å². The molecule has 1 aliphatic rings. The molecule has 0 spiro atoms. The molecule has 3 aromatic rings. The fourth-order valence-electron chi connectivity index (χ4n) is 4.95. The number of aryl methyl sites for hydroxylation is 1. The second-order valence-electron chi connectivity index (χ2n) is 10.4. The third-order valence-corrected chi connectivity index (χ3v) is 10.3. The van der Waals surface area contributed by atoms with Crippen LogP contribution in [0.1, 0.15) is 71.3 Å². The fraction of sp³-hybridized carbons (Fsp3) is 0.414. The van der Waals surface area contributed by atoms with Crippen LogP contribution in [0.25, 0.3) is 0 Å². The van der Waals surface area contributed by atoms with Crippen LogP contribution in [0.3, 0.4) is 0 Å². The maximum Gasteiger partial charge on any atom is 0.312 e. The summed E-state index contributed by atoms with van der Waals surface area (Å²) < 4.78 is 40.1. The van der Waals surface area contributed by atoms with E-state index in [2.05, 4.69) is 4.98 Å². The van der Waals surface area contributed by atoms with E-state index in [0.29, 0.717) is 17.0 Å². The monoisotopic (exact) mass is 570 g/mol. The summed E-state index contributed by atoms with van der Waals surface area (Å²) in [5, 5.41) is 0. The maximum atomic E-state index is 13.7. The van der Waals surface area contributed by atoms with Crippen molar-refractivity contribution in [1.29, 1.82) is 0 Å². The van der Waals surface area contributed by atoms with Gasteiger partial charge in [0.1, 0.15) is 16.7 Å². The van der Waals surface area contributed by atoms with E-state index in [1.54, 1.807) is 12.1 Å². The molecule has 0 aliphatic carbocycles. The van der Waals surface area contributed by atoms with Gasteiger partial charge in [-0.15, -0.1) is 11.3 Å². The first kappa shape index (κ1) is 28.9. The number of carbonyl (C=O) groups excluding carboxylic acids is 2. The molecule has 1 unspecified atom stereocenters. The van der Waals surface area contributed by atoms with E-state index >= 15 is 0 Å². The number of pyridine rings is 1. The molecule has 2 atom stereocenters. The summed E-state index contributed by atoms with van der Waals surface area (Å²) in [6.07, 6.45) is 3.18.